The maximum absolute atomic E-state index is 11.8. The third kappa shape index (κ3) is 2.36. The van der Waals surface area contributed by atoms with Crippen LogP contribution in [0.1, 0.15) is 11.3 Å². The van der Waals surface area contributed by atoms with Gasteiger partial charge in [0.05, 0.1) is 13.5 Å². The third-order valence-corrected chi connectivity index (χ3v) is 2.61. The zero-order valence-corrected chi connectivity index (χ0v) is 9.74. The highest BCUT2D eigenvalue weighted by atomic mass is 16.5. The molecule has 4 heteroatoms. The van der Waals surface area contributed by atoms with Gasteiger partial charge in [0.15, 0.2) is 5.43 Å². The second-order valence-electron chi connectivity index (χ2n) is 3.95. The zero-order valence-electron chi connectivity index (χ0n) is 9.74. The second-order valence-corrected chi connectivity index (χ2v) is 3.95. The van der Waals surface area contributed by atoms with Gasteiger partial charge in [-0.05, 0) is 24.6 Å². The van der Waals surface area contributed by atoms with Crippen LogP contribution in [0, 0.1) is 6.92 Å². The van der Waals surface area contributed by atoms with Crippen LogP contribution in [0.2, 0.25) is 0 Å². The number of aromatic amines is 1. The van der Waals surface area contributed by atoms with Crippen LogP contribution in [0.4, 0.5) is 0 Å². The Morgan fingerprint density at radius 1 is 1.35 bits per heavy atom. The number of fused-ring (bicyclic) bond motifs is 1. The van der Waals surface area contributed by atoms with Crippen molar-refractivity contribution in [2.45, 2.75) is 13.3 Å². The zero-order chi connectivity index (χ0) is 12.4. The number of aryl methyl sites for hydroxylation is 1. The second kappa shape index (κ2) is 4.41. The predicted molar refractivity (Wildman–Crippen MR) is 65.0 cm³/mol. The minimum Gasteiger partial charge on any atom is -0.469 e. The van der Waals surface area contributed by atoms with Crippen molar-refractivity contribution in [3.05, 3.63) is 45.7 Å². The van der Waals surface area contributed by atoms with Gasteiger partial charge < -0.3 is 9.72 Å². The maximum Gasteiger partial charge on any atom is 0.309 e. The number of esters is 1. The van der Waals surface area contributed by atoms with Gasteiger partial charge in [-0.1, -0.05) is 6.07 Å². The van der Waals surface area contributed by atoms with Crippen molar-refractivity contribution in [2.24, 2.45) is 0 Å². The Morgan fingerprint density at radius 2 is 2.12 bits per heavy atom. The Balaban J connectivity index is 2.50. The van der Waals surface area contributed by atoms with E-state index in [4.69, 9.17) is 0 Å². The first-order chi connectivity index (χ1) is 8.10. The first kappa shape index (κ1) is 11.4. The molecule has 0 bridgehead atoms. The van der Waals surface area contributed by atoms with Crippen molar-refractivity contribution in [3.8, 4) is 0 Å². The van der Waals surface area contributed by atoms with E-state index in [-0.39, 0.29) is 17.8 Å². The number of nitrogens with one attached hydrogen (secondary N) is 1. The first-order valence-corrected chi connectivity index (χ1v) is 5.29. The van der Waals surface area contributed by atoms with E-state index in [0.717, 1.165) is 16.8 Å². The molecule has 0 aliphatic heterocycles. The summed E-state index contributed by atoms with van der Waals surface area (Å²) in [4.78, 5) is 26.0. The summed E-state index contributed by atoms with van der Waals surface area (Å²) in [5, 5.41) is 0.594. The van der Waals surface area contributed by atoms with Crippen LogP contribution < -0.4 is 5.43 Å². The van der Waals surface area contributed by atoms with Crippen molar-refractivity contribution in [1.82, 2.24) is 4.98 Å². The molecule has 0 radical (unpaired) electrons. The molecule has 2 aromatic rings. The molecule has 1 aromatic heterocycles. The van der Waals surface area contributed by atoms with Crippen molar-refractivity contribution in [1.29, 1.82) is 0 Å². The highest BCUT2D eigenvalue weighted by Crippen LogP contribution is 2.12. The quantitative estimate of drug-likeness (QED) is 0.798. The molecule has 88 valence electrons. The van der Waals surface area contributed by atoms with Crippen LogP contribution >= 0.6 is 0 Å². The predicted octanol–water partition coefficient (Wildman–Crippen LogP) is 1.55. The summed E-state index contributed by atoms with van der Waals surface area (Å²) in [5.41, 5.74) is 2.34. The normalized spacial score (nSPS) is 10.5. The van der Waals surface area contributed by atoms with Crippen LogP contribution in [0.25, 0.3) is 10.9 Å². The number of hydrogen-bond acceptors (Lipinski definition) is 3. The summed E-state index contributed by atoms with van der Waals surface area (Å²) in [6.45, 7) is 1.84. The number of carbonyl (C=O) groups excluding carboxylic acids is 1. The van der Waals surface area contributed by atoms with Crippen LogP contribution in [0.5, 0.6) is 0 Å². The van der Waals surface area contributed by atoms with Gasteiger partial charge >= 0.3 is 5.97 Å². The van der Waals surface area contributed by atoms with E-state index in [0.29, 0.717) is 5.39 Å². The van der Waals surface area contributed by atoms with Crippen LogP contribution in [-0.2, 0) is 16.0 Å². The molecule has 0 amide bonds. The Labute approximate surface area is 98.2 Å². The van der Waals surface area contributed by atoms with Gasteiger partial charge in [-0.15, -0.1) is 0 Å². The molecule has 0 saturated heterocycles. The Morgan fingerprint density at radius 3 is 2.82 bits per heavy atom. The molecule has 0 aliphatic rings. The monoisotopic (exact) mass is 231 g/mol. The van der Waals surface area contributed by atoms with Gasteiger partial charge in [-0.25, -0.2) is 0 Å². The molecular weight excluding hydrogens is 218 g/mol. The Hall–Kier alpha value is -2.10. The molecular formula is C13H13NO3. The summed E-state index contributed by atoms with van der Waals surface area (Å²) < 4.78 is 4.59. The van der Waals surface area contributed by atoms with Crippen molar-refractivity contribution in [2.75, 3.05) is 7.11 Å². The highest BCUT2D eigenvalue weighted by molar-refractivity contribution is 5.81. The SMILES string of the molecule is COC(=O)Cc1ccc2[nH]c(C)cc(=O)c2c1. The average Bonchev–Trinajstić information content (AvgIpc) is 2.29. The number of ether oxygens (including phenoxy) is 1. The maximum atomic E-state index is 11.8. The number of pyridine rings is 1. The van der Waals surface area contributed by atoms with E-state index in [1.165, 1.54) is 7.11 Å². The van der Waals surface area contributed by atoms with Crippen molar-refractivity contribution >= 4 is 16.9 Å². The summed E-state index contributed by atoms with van der Waals surface area (Å²) in [6, 6.07) is 6.89. The third-order valence-electron chi connectivity index (χ3n) is 2.61. The lowest BCUT2D eigenvalue weighted by Crippen LogP contribution is -2.07. The lowest BCUT2D eigenvalue weighted by Gasteiger charge is -2.03. The van der Waals surface area contributed by atoms with E-state index < -0.39 is 0 Å². The summed E-state index contributed by atoms with van der Waals surface area (Å²) >= 11 is 0. The van der Waals surface area contributed by atoms with E-state index >= 15 is 0 Å². The fourth-order valence-corrected chi connectivity index (χ4v) is 1.78. The number of carbonyl (C=O) groups is 1. The largest absolute Gasteiger partial charge is 0.469 e. The lowest BCUT2D eigenvalue weighted by atomic mass is 10.1. The van der Waals surface area contributed by atoms with Gasteiger partial charge in [-0.2, -0.15) is 0 Å². The van der Waals surface area contributed by atoms with Crippen LogP contribution in [-0.4, -0.2) is 18.1 Å². The Bertz CT molecular complexity index is 628. The van der Waals surface area contributed by atoms with Gasteiger partial charge in [0.25, 0.3) is 0 Å². The molecule has 0 saturated carbocycles. The topological polar surface area (TPSA) is 59.2 Å². The molecule has 4 nitrogen and oxygen atoms in total. The molecule has 2 rings (SSSR count). The Kier molecular flexibility index (Phi) is 2.95. The standard InChI is InChI=1S/C13H13NO3/c1-8-5-12(15)10-6-9(7-13(16)17-2)3-4-11(10)14-8/h3-6H,7H2,1-2H3,(H,14,15). The van der Waals surface area contributed by atoms with Crippen molar-refractivity contribution in [3.63, 3.8) is 0 Å². The fourth-order valence-electron chi connectivity index (χ4n) is 1.78. The van der Waals surface area contributed by atoms with E-state index in [1.54, 1.807) is 12.1 Å². The van der Waals surface area contributed by atoms with Gasteiger partial charge in [0.1, 0.15) is 0 Å². The average molecular weight is 231 g/mol. The molecule has 0 spiro atoms. The molecule has 1 N–H and O–H groups in total. The summed E-state index contributed by atoms with van der Waals surface area (Å²) in [5.74, 6) is -0.312. The number of benzene rings is 1. The van der Waals surface area contributed by atoms with Crippen molar-refractivity contribution < 1.29 is 9.53 Å². The van der Waals surface area contributed by atoms with E-state index in [2.05, 4.69) is 9.72 Å². The van der Waals surface area contributed by atoms with Gasteiger partial charge in [0.2, 0.25) is 0 Å². The summed E-state index contributed by atoms with van der Waals surface area (Å²) in [6.07, 6.45) is 0.180. The summed E-state index contributed by atoms with van der Waals surface area (Å²) in [7, 11) is 1.35. The van der Waals surface area contributed by atoms with Gasteiger partial charge in [0, 0.05) is 22.7 Å². The van der Waals surface area contributed by atoms with Crippen LogP contribution in [0.3, 0.4) is 0 Å². The van der Waals surface area contributed by atoms with E-state index in [1.807, 2.05) is 19.1 Å². The number of rotatable bonds is 2. The highest BCUT2D eigenvalue weighted by Gasteiger charge is 2.05. The molecule has 0 atom stereocenters. The molecule has 0 aliphatic carbocycles. The molecule has 0 fully saturated rings. The number of aromatic nitrogens is 1. The minimum atomic E-state index is -0.312. The number of hydrogen-bond donors (Lipinski definition) is 1. The smallest absolute Gasteiger partial charge is 0.309 e. The number of H-pyrrole nitrogens is 1. The lowest BCUT2D eigenvalue weighted by molar-refractivity contribution is -0.139. The first-order valence-electron chi connectivity index (χ1n) is 5.29. The molecule has 1 aromatic carbocycles. The fraction of sp³-hybridized carbons (Fsp3) is 0.231. The molecule has 0 unspecified atom stereocenters. The molecule has 17 heavy (non-hydrogen) atoms. The molecule has 1 heterocycles. The minimum absolute atomic E-state index is 0.0389. The van der Waals surface area contributed by atoms with Crippen LogP contribution in [0.15, 0.2) is 29.1 Å². The van der Waals surface area contributed by atoms with Gasteiger partial charge in [-0.3, -0.25) is 9.59 Å². The number of methoxy groups -OCH3 is 1. The van der Waals surface area contributed by atoms with E-state index in [9.17, 15) is 9.59 Å².